The van der Waals surface area contributed by atoms with Crippen molar-refractivity contribution in [3.63, 3.8) is 0 Å². The molecule has 1 fully saturated rings. The fourth-order valence-electron chi connectivity index (χ4n) is 2.52. The highest BCUT2D eigenvalue weighted by atomic mass is 16.5. The first-order chi connectivity index (χ1) is 12.1. The third-order valence-electron chi connectivity index (χ3n) is 4.22. The Balaban J connectivity index is 1.68. The molecular weight excluding hydrogens is 318 g/mol. The Hall–Kier alpha value is -3.33. The number of carbonyl (C=O) groups is 2. The third kappa shape index (κ3) is 3.45. The number of carbonyl (C=O) groups excluding carboxylic acids is 2. The monoisotopic (exact) mass is 335 g/mol. The maximum atomic E-state index is 12.6. The minimum Gasteiger partial charge on any atom is -0.497 e. The number of amides is 2. The number of benzene rings is 2. The van der Waals surface area contributed by atoms with Gasteiger partial charge in [0.1, 0.15) is 11.2 Å². The van der Waals surface area contributed by atoms with E-state index in [1.807, 2.05) is 6.07 Å². The Kier molecular flexibility index (Phi) is 4.40. The first-order valence-corrected chi connectivity index (χ1v) is 7.84. The van der Waals surface area contributed by atoms with Crippen LogP contribution in [0, 0.1) is 16.7 Å². The van der Waals surface area contributed by atoms with Crippen LogP contribution in [0.25, 0.3) is 0 Å². The van der Waals surface area contributed by atoms with Gasteiger partial charge in [-0.2, -0.15) is 5.26 Å². The van der Waals surface area contributed by atoms with E-state index in [1.165, 1.54) is 0 Å². The molecule has 0 radical (unpaired) electrons. The smallest absolute Gasteiger partial charge is 0.240 e. The van der Waals surface area contributed by atoms with Crippen LogP contribution in [-0.2, 0) is 9.59 Å². The Morgan fingerprint density at radius 1 is 1.04 bits per heavy atom. The maximum absolute atomic E-state index is 12.6. The topological polar surface area (TPSA) is 91.2 Å². The Morgan fingerprint density at radius 3 is 2.24 bits per heavy atom. The summed E-state index contributed by atoms with van der Waals surface area (Å²) in [6.07, 6.45) is 0.998. The van der Waals surface area contributed by atoms with Gasteiger partial charge in [0.25, 0.3) is 0 Å². The van der Waals surface area contributed by atoms with Crippen LogP contribution in [0.4, 0.5) is 11.4 Å². The summed E-state index contributed by atoms with van der Waals surface area (Å²) >= 11 is 0. The van der Waals surface area contributed by atoms with Crippen molar-refractivity contribution in [2.45, 2.75) is 12.8 Å². The fourth-order valence-corrected chi connectivity index (χ4v) is 2.52. The lowest BCUT2D eigenvalue weighted by Gasteiger charge is -2.15. The molecule has 0 saturated heterocycles. The van der Waals surface area contributed by atoms with E-state index in [4.69, 9.17) is 10.00 Å². The zero-order chi connectivity index (χ0) is 17.9. The van der Waals surface area contributed by atoms with Gasteiger partial charge in [0.05, 0.1) is 18.7 Å². The molecule has 0 heterocycles. The minimum atomic E-state index is -1.05. The first-order valence-electron chi connectivity index (χ1n) is 7.84. The lowest BCUT2D eigenvalue weighted by Crippen LogP contribution is -2.35. The number of nitriles is 1. The summed E-state index contributed by atoms with van der Waals surface area (Å²) < 4.78 is 5.08. The predicted octanol–water partition coefficient (Wildman–Crippen LogP) is 2.92. The SMILES string of the molecule is COc1ccc(NC(=O)C2(C(=O)Nc3cccc(C#N)c3)CC2)cc1. The molecule has 2 amide bonds. The second-order valence-electron chi connectivity index (χ2n) is 5.91. The number of nitrogens with zero attached hydrogens (tertiary/aromatic N) is 1. The maximum Gasteiger partial charge on any atom is 0.240 e. The van der Waals surface area contributed by atoms with Crippen molar-refractivity contribution >= 4 is 23.2 Å². The van der Waals surface area contributed by atoms with Crippen molar-refractivity contribution in [2.75, 3.05) is 17.7 Å². The molecule has 1 saturated carbocycles. The van der Waals surface area contributed by atoms with Gasteiger partial charge in [0.2, 0.25) is 11.8 Å². The summed E-state index contributed by atoms with van der Waals surface area (Å²) in [4.78, 5) is 25.1. The average molecular weight is 335 g/mol. The van der Waals surface area contributed by atoms with Crippen LogP contribution < -0.4 is 15.4 Å². The molecule has 126 valence electrons. The van der Waals surface area contributed by atoms with E-state index >= 15 is 0 Å². The van der Waals surface area contributed by atoms with Crippen molar-refractivity contribution in [1.82, 2.24) is 0 Å². The zero-order valence-electron chi connectivity index (χ0n) is 13.7. The van der Waals surface area contributed by atoms with Crippen LogP contribution in [0.15, 0.2) is 48.5 Å². The molecule has 2 N–H and O–H groups in total. The Bertz CT molecular complexity index is 849. The summed E-state index contributed by atoms with van der Waals surface area (Å²) in [7, 11) is 1.57. The summed E-state index contributed by atoms with van der Waals surface area (Å²) in [5.74, 6) is 0.00876. The normalized spacial score (nSPS) is 14.1. The van der Waals surface area contributed by atoms with E-state index < -0.39 is 5.41 Å². The van der Waals surface area contributed by atoms with Gasteiger partial charge in [0.15, 0.2) is 0 Å². The number of hydrogen-bond donors (Lipinski definition) is 2. The molecule has 0 unspecified atom stereocenters. The minimum absolute atomic E-state index is 0.327. The predicted molar refractivity (Wildman–Crippen MR) is 93.1 cm³/mol. The highest BCUT2D eigenvalue weighted by molar-refractivity contribution is 6.16. The van der Waals surface area contributed by atoms with Crippen LogP contribution >= 0.6 is 0 Å². The zero-order valence-corrected chi connectivity index (χ0v) is 13.7. The molecule has 0 bridgehead atoms. The van der Waals surface area contributed by atoms with Crippen LogP contribution in [0.1, 0.15) is 18.4 Å². The largest absolute Gasteiger partial charge is 0.497 e. The van der Waals surface area contributed by atoms with E-state index in [0.717, 1.165) is 0 Å². The van der Waals surface area contributed by atoms with Crippen molar-refractivity contribution < 1.29 is 14.3 Å². The molecule has 1 aliphatic carbocycles. The van der Waals surface area contributed by atoms with Gasteiger partial charge in [0, 0.05) is 11.4 Å². The van der Waals surface area contributed by atoms with E-state index in [-0.39, 0.29) is 11.8 Å². The van der Waals surface area contributed by atoms with E-state index in [2.05, 4.69) is 10.6 Å². The second kappa shape index (κ2) is 6.65. The summed E-state index contributed by atoms with van der Waals surface area (Å²) in [6, 6.07) is 15.5. The molecule has 6 nitrogen and oxygen atoms in total. The number of rotatable bonds is 5. The van der Waals surface area contributed by atoms with Gasteiger partial charge >= 0.3 is 0 Å². The molecule has 25 heavy (non-hydrogen) atoms. The highest BCUT2D eigenvalue weighted by Gasteiger charge is 2.56. The number of methoxy groups -OCH3 is 1. The van der Waals surface area contributed by atoms with Crippen molar-refractivity contribution in [3.8, 4) is 11.8 Å². The molecule has 0 spiro atoms. The molecule has 2 aromatic rings. The second-order valence-corrected chi connectivity index (χ2v) is 5.91. The van der Waals surface area contributed by atoms with Gasteiger partial charge in [-0.25, -0.2) is 0 Å². The lowest BCUT2D eigenvalue weighted by atomic mass is 10.0. The number of nitrogens with one attached hydrogen (secondary N) is 2. The highest BCUT2D eigenvalue weighted by Crippen LogP contribution is 2.47. The van der Waals surface area contributed by atoms with Crippen molar-refractivity contribution in [3.05, 3.63) is 54.1 Å². The third-order valence-corrected chi connectivity index (χ3v) is 4.22. The lowest BCUT2D eigenvalue weighted by molar-refractivity contribution is -0.131. The molecule has 3 rings (SSSR count). The summed E-state index contributed by atoms with van der Waals surface area (Å²) in [5.41, 5.74) is 0.511. The Morgan fingerprint density at radius 2 is 1.68 bits per heavy atom. The van der Waals surface area contributed by atoms with Gasteiger partial charge in [-0.15, -0.1) is 0 Å². The van der Waals surface area contributed by atoms with Crippen LogP contribution in [0.5, 0.6) is 5.75 Å². The number of hydrogen-bond acceptors (Lipinski definition) is 4. The molecule has 2 aromatic carbocycles. The van der Waals surface area contributed by atoms with Gasteiger partial charge < -0.3 is 15.4 Å². The fraction of sp³-hybridized carbons (Fsp3) is 0.211. The summed E-state index contributed by atoms with van der Waals surface area (Å²) in [5, 5.41) is 14.4. The summed E-state index contributed by atoms with van der Waals surface area (Å²) in [6.45, 7) is 0. The molecule has 0 aliphatic heterocycles. The van der Waals surface area contributed by atoms with Crippen molar-refractivity contribution in [1.29, 1.82) is 5.26 Å². The molecule has 0 atom stereocenters. The number of anilines is 2. The molecule has 1 aliphatic rings. The van der Waals surface area contributed by atoms with Crippen molar-refractivity contribution in [2.24, 2.45) is 5.41 Å². The number of ether oxygens (including phenoxy) is 1. The molecule has 6 heteroatoms. The van der Waals surface area contributed by atoms with E-state index in [1.54, 1.807) is 55.6 Å². The van der Waals surface area contributed by atoms with E-state index in [9.17, 15) is 9.59 Å². The van der Waals surface area contributed by atoms with Gasteiger partial charge in [-0.1, -0.05) is 6.07 Å². The van der Waals surface area contributed by atoms with Gasteiger partial charge in [-0.3, -0.25) is 9.59 Å². The molecular formula is C19H17N3O3. The quantitative estimate of drug-likeness (QED) is 0.822. The molecule has 0 aromatic heterocycles. The van der Waals surface area contributed by atoms with E-state index in [0.29, 0.717) is 35.5 Å². The standard InChI is InChI=1S/C19H17N3O3/c1-25-16-7-5-14(6-8-16)21-17(23)19(9-10-19)18(24)22-15-4-2-3-13(11-15)12-20/h2-8,11H,9-10H2,1H3,(H,21,23)(H,22,24). The van der Waals surface area contributed by atoms with Crippen LogP contribution in [0.2, 0.25) is 0 Å². The van der Waals surface area contributed by atoms with Crippen LogP contribution in [0.3, 0.4) is 0 Å². The average Bonchev–Trinajstić information content (AvgIpc) is 3.44. The van der Waals surface area contributed by atoms with Crippen LogP contribution in [-0.4, -0.2) is 18.9 Å². The van der Waals surface area contributed by atoms with Gasteiger partial charge in [-0.05, 0) is 55.3 Å². The first kappa shape index (κ1) is 16.5. The Labute approximate surface area is 145 Å².